The normalized spacial score (nSPS) is 50.9. The van der Waals surface area contributed by atoms with E-state index in [2.05, 4.69) is 49.4 Å². The Morgan fingerprint density at radius 1 is 1.05 bits per heavy atom. The molecule has 3 fully saturated rings. The smallest absolute Gasteiger partial charge is 0.00808 e. The lowest BCUT2D eigenvalue weighted by Gasteiger charge is -2.48. The fraction of sp³-hybridized carbons (Fsp3) is 0.600. The lowest BCUT2D eigenvalue weighted by molar-refractivity contribution is 0.108. The molecule has 0 heterocycles. The van der Waals surface area contributed by atoms with Crippen LogP contribution in [0.5, 0.6) is 0 Å². The molecule has 104 valence electrons. The highest BCUT2D eigenvalue weighted by Crippen LogP contribution is 2.74. The van der Waals surface area contributed by atoms with Gasteiger partial charge in [-0.15, -0.1) is 0 Å². The predicted octanol–water partition coefficient (Wildman–Crippen LogP) is 4.81. The van der Waals surface area contributed by atoms with Gasteiger partial charge in [-0.3, -0.25) is 0 Å². The lowest BCUT2D eigenvalue weighted by Crippen LogP contribution is -2.45. The highest BCUT2D eigenvalue weighted by molar-refractivity contribution is 5.41. The van der Waals surface area contributed by atoms with Crippen LogP contribution in [0.2, 0.25) is 0 Å². The number of benzene rings is 1. The molecule has 0 amide bonds. The van der Waals surface area contributed by atoms with Crippen LogP contribution in [0.15, 0.2) is 42.5 Å². The maximum atomic E-state index is 2.58. The van der Waals surface area contributed by atoms with Gasteiger partial charge in [-0.2, -0.15) is 0 Å². The summed E-state index contributed by atoms with van der Waals surface area (Å²) in [5, 5.41) is 0. The summed E-state index contributed by atoms with van der Waals surface area (Å²) in [6.07, 6.45) is 11.0. The summed E-state index contributed by atoms with van der Waals surface area (Å²) in [6, 6.07) is 11.6. The fourth-order valence-corrected chi connectivity index (χ4v) is 7.02. The van der Waals surface area contributed by atoms with Crippen molar-refractivity contribution in [2.45, 2.75) is 38.0 Å². The van der Waals surface area contributed by atoms with E-state index in [4.69, 9.17) is 0 Å². The first kappa shape index (κ1) is 11.6. The average Bonchev–Trinajstić information content (AvgIpc) is 3.25. The summed E-state index contributed by atoms with van der Waals surface area (Å²) in [5.41, 5.74) is 2.20. The molecule has 0 aromatic heterocycles. The van der Waals surface area contributed by atoms with Crippen LogP contribution in [0.3, 0.4) is 0 Å². The Kier molecular flexibility index (Phi) is 2.19. The highest BCUT2D eigenvalue weighted by Gasteiger charge is 2.69. The van der Waals surface area contributed by atoms with E-state index in [0.29, 0.717) is 5.41 Å². The van der Waals surface area contributed by atoms with Crippen LogP contribution >= 0.6 is 0 Å². The van der Waals surface area contributed by atoms with Crippen molar-refractivity contribution < 1.29 is 0 Å². The van der Waals surface area contributed by atoms with Crippen LogP contribution in [0.1, 0.15) is 38.2 Å². The molecule has 4 bridgehead atoms. The predicted molar refractivity (Wildman–Crippen MR) is 82.3 cm³/mol. The minimum atomic E-state index is 0.525. The Morgan fingerprint density at radius 2 is 1.90 bits per heavy atom. The first-order chi connectivity index (χ1) is 9.85. The Balaban J connectivity index is 1.69. The van der Waals surface area contributed by atoms with Gasteiger partial charge in [0, 0.05) is 5.41 Å². The second kappa shape index (κ2) is 3.78. The lowest BCUT2D eigenvalue weighted by atomic mass is 9.55. The Hall–Kier alpha value is -1.04. The Labute approximate surface area is 122 Å². The van der Waals surface area contributed by atoms with Crippen molar-refractivity contribution in [3.8, 4) is 0 Å². The molecule has 0 N–H and O–H groups in total. The summed E-state index contributed by atoms with van der Waals surface area (Å²) in [5.74, 6) is 5.70. The van der Waals surface area contributed by atoms with Gasteiger partial charge in [0.05, 0.1) is 0 Å². The molecule has 0 saturated heterocycles. The van der Waals surface area contributed by atoms with E-state index in [9.17, 15) is 0 Å². The molecule has 7 unspecified atom stereocenters. The third-order valence-electron chi connectivity index (χ3n) is 7.43. The quantitative estimate of drug-likeness (QED) is 0.531. The van der Waals surface area contributed by atoms with Gasteiger partial charge in [-0.1, -0.05) is 55.8 Å². The summed E-state index contributed by atoms with van der Waals surface area (Å²) in [7, 11) is 0. The van der Waals surface area contributed by atoms with Crippen LogP contribution in [0.25, 0.3) is 0 Å². The fourth-order valence-electron chi connectivity index (χ4n) is 7.02. The van der Waals surface area contributed by atoms with E-state index < -0.39 is 0 Å². The number of hydrogen-bond acceptors (Lipinski definition) is 0. The van der Waals surface area contributed by atoms with Gasteiger partial charge < -0.3 is 0 Å². The first-order valence-electron chi connectivity index (χ1n) is 8.59. The molecule has 0 aliphatic heterocycles. The van der Waals surface area contributed by atoms with Gasteiger partial charge >= 0.3 is 0 Å². The number of fused-ring (bicyclic) bond motifs is 9. The number of rotatable bonds is 2. The molecule has 3 saturated carbocycles. The SMILES string of the molecule is CCC1CC2CC1C1C3C=CC(C3)C21c1ccccc1. The van der Waals surface area contributed by atoms with Crippen molar-refractivity contribution in [2.75, 3.05) is 0 Å². The van der Waals surface area contributed by atoms with E-state index >= 15 is 0 Å². The molecule has 1 aromatic rings. The summed E-state index contributed by atoms with van der Waals surface area (Å²) in [4.78, 5) is 0. The monoisotopic (exact) mass is 264 g/mol. The van der Waals surface area contributed by atoms with Gasteiger partial charge in [0.1, 0.15) is 0 Å². The highest BCUT2D eigenvalue weighted by atomic mass is 14.7. The Bertz CT molecular complexity index is 557. The number of hydrogen-bond donors (Lipinski definition) is 0. The van der Waals surface area contributed by atoms with Gasteiger partial charge in [-0.05, 0) is 60.3 Å². The largest absolute Gasteiger partial charge is 0.0848 e. The number of allylic oxidation sites excluding steroid dienone is 2. The van der Waals surface area contributed by atoms with Crippen LogP contribution in [-0.4, -0.2) is 0 Å². The second-order valence-corrected chi connectivity index (χ2v) is 7.72. The molecule has 5 rings (SSSR count). The molecule has 0 nitrogen and oxygen atoms in total. The third kappa shape index (κ3) is 1.13. The van der Waals surface area contributed by atoms with Gasteiger partial charge in [0.25, 0.3) is 0 Å². The van der Waals surface area contributed by atoms with Crippen LogP contribution < -0.4 is 0 Å². The molecule has 0 spiro atoms. The summed E-state index contributed by atoms with van der Waals surface area (Å²) in [6.45, 7) is 2.42. The van der Waals surface area contributed by atoms with Crippen LogP contribution in [-0.2, 0) is 5.41 Å². The molecule has 1 aromatic carbocycles. The molecular weight excluding hydrogens is 240 g/mol. The third-order valence-corrected chi connectivity index (χ3v) is 7.43. The van der Waals surface area contributed by atoms with Crippen molar-refractivity contribution in [1.82, 2.24) is 0 Å². The van der Waals surface area contributed by atoms with E-state index in [1.54, 1.807) is 5.56 Å². The molecule has 4 aliphatic rings. The molecule has 4 aliphatic carbocycles. The zero-order valence-electron chi connectivity index (χ0n) is 12.3. The summed E-state index contributed by atoms with van der Waals surface area (Å²) < 4.78 is 0. The van der Waals surface area contributed by atoms with E-state index in [1.165, 1.54) is 25.7 Å². The van der Waals surface area contributed by atoms with Crippen molar-refractivity contribution >= 4 is 0 Å². The maximum Gasteiger partial charge on any atom is 0.00808 e. The van der Waals surface area contributed by atoms with Crippen molar-refractivity contribution in [3.63, 3.8) is 0 Å². The van der Waals surface area contributed by atoms with Gasteiger partial charge in [0.2, 0.25) is 0 Å². The minimum Gasteiger partial charge on any atom is -0.0848 e. The van der Waals surface area contributed by atoms with Crippen LogP contribution in [0.4, 0.5) is 0 Å². The molecule has 0 heteroatoms. The minimum absolute atomic E-state index is 0.525. The molecule has 20 heavy (non-hydrogen) atoms. The van der Waals surface area contributed by atoms with Crippen molar-refractivity contribution in [2.24, 2.45) is 35.5 Å². The zero-order chi connectivity index (χ0) is 13.3. The van der Waals surface area contributed by atoms with Crippen molar-refractivity contribution in [3.05, 3.63) is 48.0 Å². The first-order valence-corrected chi connectivity index (χ1v) is 8.59. The van der Waals surface area contributed by atoms with Crippen LogP contribution in [0, 0.1) is 35.5 Å². The van der Waals surface area contributed by atoms with E-state index in [0.717, 1.165) is 35.5 Å². The van der Waals surface area contributed by atoms with Crippen molar-refractivity contribution in [1.29, 1.82) is 0 Å². The molecular formula is C20H24. The maximum absolute atomic E-state index is 2.58. The zero-order valence-corrected chi connectivity index (χ0v) is 12.3. The standard InChI is InChI=1S/C20H24/c1-2-13-10-17-12-18(13)19-14-8-9-16(11-14)20(17,19)15-6-4-3-5-7-15/h3-9,13-14,16-19H,2,10-12H2,1H3. The van der Waals surface area contributed by atoms with E-state index in [1.807, 2.05) is 0 Å². The summed E-state index contributed by atoms with van der Waals surface area (Å²) >= 11 is 0. The molecule has 0 radical (unpaired) electrons. The average molecular weight is 264 g/mol. The Morgan fingerprint density at radius 3 is 2.70 bits per heavy atom. The second-order valence-electron chi connectivity index (χ2n) is 7.72. The van der Waals surface area contributed by atoms with Gasteiger partial charge in [0.15, 0.2) is 0 Å². The van der Waals surface area contributed by atoms with Gasteiger partial charge in [-0.25, -0.2) is 0 Å². The topological polar surface area (TPSA) is 0 Å². The van der Waals surface area contributed by atoms with E-state index in [-0.39, 0.29) is 0 Å². The molecule has 7 atom stereocenters.